The zero-order valence-electron chi connectivity index (χ0n) is 16.6. The van der Waals surface area contributed by atoms with Crippen molar-refractivity contribution in [2.45, 2.75) is 32.0 Å². The molecule has 2 aliphatic heterocycles. The Balaban J connectivity index is 1.53. The summed E-state index contributed by atoms with van der Waals surface area (Å²) in [5.74, 6) is -1.69. The van der Waals surface area contributed by atoms with Crippen LogP contribution in [0, 0.1) is 5.82 Å². The molecule has 3 amide bonds. The van der Waals surface area contributed by atoms with Crippen LogP contribution in [0.25, 0.3) is 10.9 Å². The zero-order valence-corrected chi connectivity index (χ0v) is 16.6. The van der Waals surface area contributed by atoms with E-state index >= 15 is 0 Å². The lowest BCUT2D eigenvalue weighted by atomic mass is 9.97. The van der Waals surface area contributed by atoms with Crippen LogP contribution >= 0.6 is 0 Å². The van der Waals surface area contributed by atoms with Crippen molar-refractivity contribution in [2.24, 2.45) is 0 Å². The van der Waals surface area contributed by atoms with Gasteiger partial charge in [-0.3, -0.25) is 14.5 Å². The van der Waals surface area contributed by atoms with Crippen molar-refractivity contribution in [2.75, 3.05) is 6.54 Å². The van der Waals surface area contributed by atoms with E-state index in [4.69, 9.17) is 5.11 Å². The van der Waals surface area contributed by atoms with E-state index in [-0.39, 0.29) is 31.2 Å². The van der Waals surface area contributed by atoms with Crippen molar-refractivity contribution in [1.29, 1.82) is 0 Å². The van der Waals surface area contributed by atoms with Crippen LogP contribution in [0.4, 0.5) is 9.18 Å². The number of nitrogens with zero attached hydrogens (tertiary/aromatic N) is 3. The molecule has 0 bridgehead atoms. The van der Waals surface area contributed by atoms with E-state index < -0.39 is 18.0 Å². The first kappa shape index (κ1) is 19.3. The van der Waals surface area contributed by atoms with Crippen molar-refractivity contribution in [3.63, 3.8) is 0 Å². The van der Waals surface area contributed by atoms with E-state index in [9.17, 15) is 18.8 Å². The molecule has 0 saturated carbocycles. The number of fused-ring (bicyclic) bond motifs is 4. The van der Waals surface area contributed by atoms with Gasteiger partial charge in [0, 0.05) is 36.1 Å². The van der Waals surface area contributed by atoms with Crippen molar-refractivity contribution in [3.8, 4) is 0 Å². The number of carbonyl (C=O) groups excluding carboxylic acids is 2. The summed E-state index contributed by atoms with van der Waals surface area (Å²) < 4.78 is 15.5. The molecule has 5 rings (SSSR count). The van der Waals surface area contributed by atoms with Gasteiger partial charge in [0.25, 0.3) is 5.91 Å². The van der Waals surface area contributed by atoms with Gasteiger partial charge in [0.15, 0.2) is 0 Å². The highest BCUT2D eigenvalue weighted by atomic mass is 19.1. The molecule has 3 heterocycles. The highest BCUT2D eigenvalue weighted by Crippen LogP contribution is 2.36. The maximum absolute atomic E-state index is 13.3. The van der Waals surface area contributed by atoms with E-state index in [0.717, 1.165) is 32.6 Å². The minimum Gasteiger partial charge on any atom is -0.481 e. The van der Waals surface area contributed by atoms with Gasteiger partial charge >= 0.3 is 12.0 Å². The monoisotopic (exact) mass is 421 g/mol. The summed E-state index contributed by atoms with van der Waals surface area (Å²) in [4.78, 5) is 39.3. The fraction of sp³-hybridized carbons (Fsp3) is 0.261. The first-order valence-electron chi connectivity index (χ1n) is 10.1. The van der Waals surface area contributed by atoms with Gasteiger partial charge in [0.2, 0.25) is 0 Å². The first-order valence-corrected chi connectivity index (χ1v) is 10.1. The predicted molar refractivity (Wildman–Crippen MR) is 110 cm³/mol. The summed E-state index contributed by atoms with van der Waals surface area (Å²) in [5.41, 5.74) is 3.91. The summed E-state index contributed by atoms with van der Waals surface area (Å²) in [5, 5.41) is 9.97. The Kier molecular flexibility index (Phi) is 4.50. The number of amides is 3. The van der Waals surface area contributed by atoms with E-state index in [2.05, 4.69) is 4.57 Å². The molecule has 0 radical (unpaired) electrons. The quantitative estimate of drug-likeness (QED) is 0.642. The second-order valence-electron chi connectivity index (χ2n) is 7.92. The molecule has 1 saturated heterocycles. The topological polar surface area (TPSA) is 82.8 Å². The Morgan fingerprint density at radius 2 is 1.84 bits per heavy atom. The van der Waals surface area contributed by atoms with Gasteiger partial charge in [-0.15, -0.1) is 0 Å². The molecule has 158 valence electrons. The summed E-state index contributed by atoms with van der Waals surface area (Å²) in [6.07, 6.45) is 0.116. The molecule has 3 aromatic rings. The van der Waals surface area contributed by atoms with Crippen LogP contribution in [0.5, 0.6) is 0 Å². The number of aromatic nitrogens is 1. The number of carboxylic acid groups (broad SMARTS) is 1. The molecule has 2 aromatic carbocycles. The molecule has 1 aromatic heterocycles. The fourth-order valence-electron chi connectivity index (χ4n) is 4.63. The number of hydrogen-bond acceptors (Lipinski definition) is 3. The number of aliphatic carboxylic acids is 1. The summed E-state index contributed by atoms with van der Waals surface area (Å²) in [6.45, 7) is 0.657. The normalized spacial score (nSPS) is 17.9. The van der Waals surface area contributed by atoms with Gasteiger partial charge in [-0.2, -0.15) is 0 Å². The van der Waals surface area contributed by atoms with Gasteiger partial charge in [0.05, 0.1) is 13.0 Å². The lowest BCUT2D eigenvalue weighted by molar-refractivity contribution is -0.137. The average molecular weight is 421 g/mol. The summed E-state index contributed by atoms with van der Waals surface area (Å²) in [6, 6.07) is 13.2. The number of hydrogen-bond donors (Lipinski definition) is 1. The number of urea groups is 1. The Labute approximate surface area is 177 Å². The van der Waals surface area contributed by atoms with Gasteiger partial charge < -0.3 is 14.6 Å². The average Bonchev–Trinajstić information content (AvgIpc) is 3.19. The number of benzene rings is 2. The molecule has 0 spiro atoms. The maximum atomic E-state index is 13.3. The maximum Gasteiger partial charge on any atom is 0.327 e. The third kappa shape index (κ3) is 3.15. The molecule has 2 aliphatic rings. The van der Waals surface area contributed by atoms with Crippen LogP contribution in [-0.4, -0.2) is 50.0 Å². The molecular formula is C23H20FN3O4. The molecule has 1 fully saturated rings. The van der Waals surface area contributed by atoms with E-state index in [1.165, 1.54) is 17.0 Å². The Bertz CT molecular complexity index is 1220. The number of carboxylic acids is 1. The summed E-state index contributed by atoms with van der Waals surface area (Å²) in [7, 11) is 0. The Hall–Kier alpha value is -3.68. The van der Waals surface area contributed by atoms with E-state index in [0.29, 0.717) is 13.0 Å². The first-order chi connectivity index (χ1) is 14.9. The van der Waals surface area contributed by atoms with Gasteiger partial charge in [-0.1, -0.05) is 30.3 Å². The molecule has 31 heavy (non-hydrogen) atoms. The second-order valence-corrected chi connectivity index (χ2v) is 7.92. The van der Waals surface area contributed by atoms with Crippen molar-refractivity contribution in [3.05, 3.63) is 71.2 Å². The highest BCUT2D eigenvalue weighted by molar-refractivity contribution is 6.05. The van der Waals surface area contributed by atoms with E-state index in [1.807, 2.05) is 24.3 Å². The molecule has 1 unspecified atom stereocenters. The second kappa shape index (κ2) is 7.23. The van der Waals surface area contributed by atoms with Crippen LogP contribution in [0.3, 0.4) is 0 Å². The summed E-state index contributed by atoms with van der Waals surface area (Å²) >= 11 is 0. The lowest BCUT2D eigenvalue weighted by Gasteiger charge is -2.28. The third-order valence-electron chi connectivity index (χ3n) is 6.12. The fourth-order valence-corrected chi connectivity index (χ4v) is 4.63. The van der Waals surface area contributed by atoms with Crippen molar-refractivity contribution in [1.82, 2.24) is 14.4 Å². The molecule has 1 atom stereocenters. The molecular weight excluding hydrogens is 401 g/mol. The number of imide groups is 1. The minimum absolute atomic E-state index is 0.124. The Morgan fingerprint density at radius 1 is 1.10 bits per heavy atom. The number of halogens is 1. The number of rotatable bonds is 5. The predicted octanol–water partition coefficient (Wildman–Crippen LogP) is 2.99. The van der Waals surface area contributed by atoms with Crippen molar-refractivity contribution < 1.29 is 23.9 Å². The van der Waals surface area contributed by atoms with Crippen LogP contribution in [0.2, 0.25) is 0 Å². The van der Waals surface area contributed by atoms with Crippen LogP contribution < -0.4 is 0 Å². The highest BCUT2D eigenvalue weighted by Gasteiger charge is 2.48. The SMILES string of the molecule is O=C(O)CCN1C(=O)C2Cc3c(n(Cc4ccc(F)cc4)c4ccccc34)CN2C1=O. The van der Waals surface area contributed by atoms with Gasteiger partial charge in [0.1, 0.15) is 11.9 Å². The molecule has 0 aliphatic carbocycles. The van der Waals surface area contributed by atoms with Crippen LogP contribution in [0.15, 0.2) is 48.5 Å². The third-order valence-corrected chi connectivity index (χ3v) is 6.12. The van der Waals surface area contributed by atoms with Crippen molar-refractivity contribution >= 4 is 28.8 Å². The van der Waals surface area contributed by atoms with Gasteiger partial charge in [-0.05, 0) is 29.3 Å². The zero-order chi connectivity index (χ0) is 21.7. The smallest absolute Gasteiger partial charge is 0.327 e. The standard InChI is InChI=1S/C23H20FN3O4/c24-15-7-5-14(6-8-15)12-26-18-4-2-1-3-16(18)17-11-19-22(30)25(10-9-21(28)29)23(31)27(19)13-20(17)26/h1-8,19H,9-13H2,(H,28,29). The molecule has 7 nitrogen and oxygen atoms in total. The van der Waals surface area contributed by atoms with Crippen LogP contribution in [-0.2, 0) is 29.1 Å². The largest absolute Gasteiger partial charge is 0.481 e. The minimum atomic E-state index is -1.05. The number of carbonyl (C=O) groups is 3. The number of para-hydroxylation sites is 1. The van der Waals surface area contributed by atoms with Crippen LogP contribution in [0.1, 0.15) is 23.2 Å². The molecule has 1 N–H and O–H groups in total. The lowest BCUT2D eigenvalue weighted by Crippen LogP contribution is -2.40. The van der Waals surface area contributed by atoms with E-state index in [1.54, 1.807) is 12.1 Å². The Morgan fingerprint density at radius 3 is 2.58 bits per heavy atom. The van der Waals surface area contributed by atoms with Gasteiger partial charge in [-0.25, -0.2) is 9.18 Å². The molecule has 8 heteroatoms.